The zero-order valence-electron chi connectivity index (χ0n) is 23.9. The van der Waals surface area contributed by atoms with Gasteiger partial charge >= 0.3 is 0 Å². The van der Waals surface area contributed by atoms with Gasteiger partial charge in [0.1, 0.15) is 22.4 Å². The maximum atomic E-state index is 11.5. The molecule has 0 aromatic rings. The largest absolute Gasteiger partial charge is 0.364 e. The summed E-state index contributed by atoms with van der Waals surface area (Å²) in [6.07, 6.45) is 8.99. The molecular formula is C30H50O6. The highest BCUT2D eigenvalue weighted by Gasteiger charge is 2.74. The summed E-state index contributed by atoms with van der Waals surface area (Å²) in [5.41, 5.74) is -2.51. The molecule has 2 aliphatic carbocycles. The number of aliphatic hydroxyl groups is 2. The summed E-state index contributed by atoms with van der Waals surface area (Å²) in [4.78, 5) is 0. The molecule has 0 aromatic heterocycles. The van der Waals surface area contributed by atoms with Gasteiger partial charge in [0.25, 0.3) is 0 Å². The van der Waals surface area contributed by atoms with Crippen molar-refractivity contribution in [1.82, 2.24) is 0 Å². The van der Waals surface area contributed by atoms with E-state index in [4.69, 9.17) is 18.9 Å². The van der Waals surface area contributed by atoms with Gasteiger partial charge in [0, 0.05) is 23.7 Å². The van der Waals surface area contributed by atoms with Gasteiger partial charge in [-0.1, -0.05) is 27.7 Å². The highest BCUT2D eigenvalue weighted by molar-refractivity contribution is 5.20. The molecule has 6 nitrogen and oxygen atoms in total. The van der Waals surface area contributed by atoms with Crippen molar-refractivity contribution in [3.8, 4) is 0 Å². The Morgan fingerprint density at radius 1 is 0.583 bits per heavy atom. The molecule has 6 heteroatoms. The fourth-order valence-corrected chi connectivity index (χ4v) is 9.79. The molecule has 10 atom stereocenters. The van der Waals surface area contributed by atoms with E-state index >= 15 is 0 Å². The van der Waals surface area contributed by atoms with E-state index in [1.807, 2.05) is 27.7 Å². The second-order valence-electron chi connectivity index (χ2n) is 15.1. The molecule has 7 fully saturated rings. The van der Waals surface area contributed by atoms with Crippen LogP contribution >= 0.6 is 0 Å². The minimum atomic E-state index is -1.23. The van der Waals surface area contributed by atoms with E-state index in [2.05, 4.69) is 27.7 Å². The normalized spacial score (nSPS) is 58.8. The van der Waals surface area contributed by atoms with E-state index in [0.717, 1.165) is 51.4 Å². The lowest BCUT2D eigenvalue weighted by molar-refractivity contribution is -0.468. The second kappa shape index (κ2) is 7.28. The average Bonchev–Trinajstić information content (AvgIpc) is 3.14. The van der Waals surface area contributed by atoms with Crippen LogP contribution < -0.4 is 0 Å². The van der Waals surface area contributed by atoms with E-state index in [0.29, 0.717) is 24.7 Å². The van der Waals surface area contributed by atoms with Crippen LogP contribution in [0.25, 0.3) is 0 Å². The first-order valence-electron chi connectivity index (χ1n) is 14.7. The van der Waals surface area contributed by atoms with Crippen LogP contribution in [0.3, 0.4) is 0 Å². The molecule has 206 valence electrons. The van der Waals surface area contributed by atoms with Crippen LogP contribution in [0.4, 0.5) is 0 Å². The smallest absolute Gasteiger partial charge is 0.195 e. The molecule has 2 spiro atoms. The minimum absolute atomic E-state index is 0.0110. The van der Waals surface area contributed by atoms with Gasteiger partial charge < -0.3 is 29.2 Å². The van der Waals surface area contributed by atoms with Gasteiger partial charge in [0.2, 0.25) is 0 Å². The number of fused-ring (bicyclic) bond motifs is 3. The molecule has 0 amide bonds. The Morgan fingerprint density at radius 3 is 1.58 bits per heavy atom. The van der Waals surface area contributed by atoms with Crippen molar-refractivity contribution in [2.24, 2.45) is 22.7 Å². The predicted octanol–water partition coefficient (Wildman–Crippen LogP) is 5.47. The van der Waals surface area contributed by atoms with Crippen LogP contribution in [0.5, 0.6) is 0 Å². The van der Waals surface area contributed by atoms with Crippen LogP contribution in [0, 0.1) is 22.7 Å². The van der Waals surface area contributed by atoms with Crippen LogP contribution in [0.2, 0.25) is 0 Å². The summed E-state index contributed by atoms with van der Waals surface area (Å²) in [5, 5.41) is 22.8. The quantitative estimate of drug-likeness (QED) is 0.529. The van der Waals surface area contributed by atoms with Crippen LogP contribution in [0.1, 0.15) is 120 Å². The lowest BCUT2D eigenvalue weighted by Crippen LogP contribution is -2.78. The van der Waals surface area contributed by atoms with Gasteiger partial charge in [-0.15, -0.1) is 0 Å². The van der Waals surface area contributed by atoms with Crippen molar-refractivity contribution in [2.75, 3.05) is 0 Å². The molecule has 4 bridgehead atoms. The molecule has 0 unspecified atom stereocenters. The second-order valence-corrected chi connectivity index (χ2v) is 15.1. The van der Waals surface area contributed by atoms with E-state index in [9.17, 15) is 10.2 Å². The Bertz CT molecular complexity index is 934. The molecule has 7 aliphatic rings. The lowest BCUT2D eigenvalue weighted by Gasteiger charge is -2.70. The summed E-state index contributed by atoms with van der Waals surface area (Å²) in [6, 6.07) is 0. The molecule has 5 heterocycles. The van der Waals surface area contributed by atoms with E-state index in [-0.39, 0.29) is 23.0 Å². The first-order chi connectivity index (χ1) is 16.5. The van der Waals surface area contributed by atoms with Crippen molar-refractivity contribution in [1.29, 1.82) is 0 Å². The predicted molar refractivity (Wildman–Crippen MR) is 136 cm³/mol. The summed E-state index contributed by atoms with van der Waals surface area (Å²) in [6.45, 7) is 17.5. The van der Waals surface area contributed by atoms with Gasteiger partial charge in [-0.25, -0.2) is 0 Å². The van der Waals surface area contributed by atoms with Crippen LogP contribution in [0.15, 0.2) is 0 Å². The van der Waals surface area contributed by atoms with Crippen molar-refractivity contribution in [2.45, 2.75) is 166 Å². The average molecular weight is 507 g/mol. The fourth-order valence-electron chi connectivity index (χ4n) is 9.79. The van der Waals surface area contributed by atoms with E-state index < -0.39 is 34.0 Å². The first kappa shape index (κ1) is 26.0. The Labute approximate surface area is 217 Å². The van der Waals surface area contributed by atoms with Gasteiger partial charge in [0.15, 0.2) is 11.6 Å². The molecular weight excluding hydrogens is 456 g/mol. The van der Waals surface area contributed by atoms with Gasteiger partial charge in [-0.05, 0) is 90.9 Å². The number of ether oxygens (including phenoxy) is 4. The third-order valence-electron chi connectivity index (χ3n) is 13.2. The Morgan fingerprint density at radius 2 is 1.06 bits per heavy atom. The third kappa shape index (κ3) is 2.85. The minimum Gasteiger partial charge on any atom is -0.364 e. The zero-order chi connectivity index (χ0) is 26.2. The molecule has 2 saturated carbocycles. The molecule has 7 rings (SSSR count). The molecule has 5 saturated heterocycles. The maximum Gasteiger partial charge on any atom is 0.195 e. The Balaban J connectivity index is 1.35. The lowest BCUT2D eigenvalue weighted by atomic mass is 9.48. The van der Waals surface area contributed by atoms with Gasteiger partial charge in [0.05, 0.1) is 12.2 Å². The zero-order valence-corrected chi connectivity index (χ0v) is 23.9. The number of hydrogen-bond donors (Lipinski definition) is 2. The van der Waals surface area contributed by atoms with Gasteiger partial charge in [-0.3, -0.25) is 0 Å². The van der Waals surface area contributed by atoms with Crippen LogP contribution in [-0.2, 0) is 18.9 Å². The topological polar surface area (TPSA) is 77.4 Å². The SMILES string of the molecule is C[C@H]1CC[C@@H]2OC(C)(C)[C@]3(O)CC[C@]2(O3)[C@@]1(C)CC[C@]1(C)[C@@H](C)CC[C@@H]2O[C@]3(O)CC[C@@]21OC3(C)C. The van der Waals surface area contributed by atoms with E-state index in [1.165, 1.54) is 0 Å². The molecule has 2 N–H and O–H groups in total. The molecule has 5 aliphatic heterocycles. The fraction of sp³-hybridized carbons (Fsp3) is 1.00. The standard InChI is InChI=1S/C30H50O6/c1-19-10-12-22-27(15-17-29(31,34-22)24(5,6)35-27)25(19,7)13-14-26(8)20(2)9-11-21-28(26)16-18-30(32,36-28)23(3,4)33-21/h19-22,31-32H,9-18H2,1-8H3/t19-,20-,21-,22-,25+,26-,27+,28+,29+,30-/m0/s1. The van der Waals surface area contributed by atoms with Gasteiger partial charge in [-0.2, -0.15) is 0 Å². The summed E-state index contributed by atoms with van der Waals surface area (Å²) >= 11 is 0. The summed E-state index contributed by atoms with van der Waals surface area (Å²) in [5.74, 6) is -1.48. The first-order valence-corrected chi connectivity index (χ1v) is 14.7. The van der Waals surface area contributed by atoms with E-state index in [1.54, 1.807) is 0 Å². The van der Waals surface area contributed by atoms with Crippen molar-refractivity contribution >= 4 is 0 Å². The monoisotopic (exact) mass is 506 g/mol. The van der Waals surface area contributed by atoms with Crippen molar-refractivity contribution in [3.05, 3.63) is 0 Å². The Hall–Kier alpha value is -0.240. The number of hydrogen-bond acceptors (Lipinski definition) is 6. The summed E-state index contributed by atoms with van der Waals surface area (Å²) in [7, 11) is 0. The van der Waals surface area contributed by atoms with Crippen molar-refractivity contribution in [3.63, 3.8) is 0 Å². The Kier molecular flexibility index (Phi) is 5.26. The molecule has 36 heavy (non-hydrogen) atoms. The highest BCUT2D eigenvalue weighted by Crippen LogP contribution is 2.68. The summed E-state index contributed by atoms with van der Waals surface area (Å²) < 4.78 is 27.0. The van der Waals surface area contributed by atoms with Crippen molar-refractivity contribution < 1.29 is 29.2 Å². The highest BCUT2D eigenvalue weighted by atomic mass is 16.7. The maximum absolute atomic E-state index is 11.5. The molecule has 0 aromatic carbocycles. The van der Waals surface area contributed by atoms with Crippen LogP contribution in [-0.4, -0.2) is 56.4 Å². The molecule has 0 radical (unpaired) electrons. The third-order valence-corrected chi connectivity index (χ3v) is 13.2. The number of rotatable bonds is 3.